The molecule has 1 amide bonds. The Labute approximate surface area is 133 Å². The Hall–Kier alpha value is -1.66. The zero-order valence-corrected chi connectivity index (χ0v) is 12.9. The van der Waals surface area contributed by atoms with E-state index in [0.29, 0.717) is 18.0 Å². The van der Waals surface area contributed by atoms with Crippen molar-refractivity contribution in [2.75, 3.05) is 6.54 Å². The highest BCUT2D eigenvalue weighted by Crippen LogP contribution is 2.29. The first kappa shape index (κ1) is 16.7. The van der Waals surface area contributed by atoms with Crippen LogP contribution in [0.5, 0.6) is 0 Å². The second-order valence-corrected chi connectivity index (χ2v) is 5.99. The van der Waals surface area contributed by atoms with Crippen LogP contribution in [0.15, 0.2) is 18.2 Å². The Kier molecular flexibility index (Phi) is 5.74. The number of carbonyl (C=O) groups excluding carboxylic acids is 1. The fourth-order valence-corrected chi connectivity index (χ4v) is 3.07. The average Bonchev–Trinajstić information content (AvgIpc) is 2.88. The molecule has 2 atom stereocenters. The summed E-state index contributed by atoms with van der Waals surface area (Å²) in [6.45, 7) is 0.511. The molecule has 7 heteroatoms. The van der Waals surface area contributed by atoms with Crippen molar-refractivity contribution in [3.63, 3.8) is 0 Å². The predicted molar refractivity (Wildman–Crippen MR) is 83.0 cm³/mol. The van der Waals surface area contributed by atoms with Gasteiger partial charge in [-0.15, -0.1) is 0 Å². The van der Waals surface area contributed by atoms with E-state index in [1.54, 1.807) is 0 Å². The van der Waals surface area contributed by atoms with E-state index in [1.807, 2.05) is 0 Å². The number of benzene rings is 1. The van der Waals surface area contributed by atoms with Crippen molar-refractivity contribution in [3.05, 3.63) is 38.9 Å². The summed E-state index contributed by atoms with van der Waals surface area (Å²) >= 11 is 5.78. The molecule has 2 rings (SSSR count). The maximum Gasteiger partial charge on any atom is 0.287 e. The van der Waals surface area contributed by atoms with Crippen molar-refractivity contribution in [2.24, 2.45) is 5.92 Å². The summed E-state index contributed by atoms with van der Waals surface area (Å²) in [5.41, 5.74) is 0.0879. The molecule has 1 saturated carbocycles. The van der Waals surface area contributed by atoms with Crippen LogP contribution in [0.4, 0.5) is 5.69 Å². The number of nitrogens with one attached hydrogen (secondary N) is 1. The molecule has 1 aliphatic carbocycles. The third kappa shape index (κ3) is 4.18. The van der Waals surface area contributed by atoms with Crippen molar-refractivity contribution in [1.29, 1.82) is 0 Å². The van der Waals surface area contributed by atoms with Crippen LogP contribution in [-0.4, -0.2) is 28.6 Å². The summed E-state index contributed by atoms with van der Waals surface area (Å²) in [6.07, 6.45) is 4.48. The molecule has 0 heterocycles. The van der Waals surface area contributed by atoms with Gasteiger partial charge < -0.3 is 10.4 Å². The third-order valence-electron chi connectivity index (χ3n) is 4.06. The fraction of sp³-hybridized carbons (Fsp3) is 0.533. The van der Waals surface area contributed by atoms with E-state index < -0.39 is 4.92 Å². The van der Waals surface area contributed by atoms with E-state index in [1.165, 1.54) is 18.2 Å². The minimum atomic E-state index is -0.586. The molecule has 1 aromatic carbocycles. The Balaban J connectivity index is 1.80. The lowest BCUT2D eigenvalue weighted by atomic mass is 10.00. The van der Waals surface area contributed by atoms with Crippen molar-refractivity contribution < 1.29 is 14.8 Å². The van der Waals surface area contributed by atoms with Crippen LogP contribution in [0.25, 0.3) is 0 Å². The molecule has 0 bridgehead atoms. The van der Waals surface area contributed by atoms with Crippen LogP contribution < -0.4 is 5.32 Å². The van der Waals surface area contributed by atoms with Gasteiger partial charge in [-0.25, -0.2) is 0 Å². The number of halogens is 1. The number of hydrogen-bond donors (Lipinski definition) is 2. The van der Waals surface area contributed by atoms with Gasteiger partial charge in [0.15, 0.2) is 0 Å². The molecule has 0 spiro atoms. The molecule has 0 aliphatic heterocycles. The molecule has 22 heavy (non-hydrogen) atoms. The number of carbonyl (C=O) groups is 1. The third-order valence-corrected chi connectivity index (χ3v) is 4.37. The van der Waals surface area contributed by atoms with Gasteiger partial charge in [-0.3, -0.25) is 14.9 Å². The fourth-order valence-electron chi connectivity index (χ4n) is 2.82. The summed E-state index contributed by atoms with van der Waals surface area (Å²) < 4.78 is 0. The first-order valence-corrected chi connectivity index (χ1v) is 7.77. The number of rotatable bonds is 6. The van der Waals surface area contributed by atoms with E-state index in [4.69, 9.17) is 11.6 Å². The minimum Gasteiger partial charge on any atom is -0.393 e. The van der Waals surface area contributed by atoms with Crippen LogP contribution in [0.2, 0.25) is 5.02 Å². The molecule has 0 saturated heterocycles. The topological polar surface area (TPSA) is 92.5 Å². The molecular weight excluding hydrogens is 308 g/mol. The normalized spacial score (nSPS) is 20.8. The number of amides is 1. The predicted octanol–water partition coefficient (Wildman–Crippen LogP) is 2.92. The van der Waals surface area contributed by atoms with Gasteiger partial charge in [0.2, 0.25) is 0 Å². The highest BCUT2D eigenvalue weighted by molar-refractivity contribution is 6.33. The second-order valence-electron chi connectivity index (χ2n) is 5.58. The van der Waals surface area contributed by atoms with Gasteiger partial charge >= 0.3 is 0 Å². The van der Waals surface area contributed by atoms with Crippen molar-refractivity contribution >= 4 is 23.2 Å². The second kappa shape index (κ2) is 7.56. The van der Waals surface area contributed by atoms with E-state index in [0.717, 1.165) is 32.1 Å². The molecule has 0 unspecified atom stereocenters. The lowest BCUT2D eigenvalue weighted by Crippen LogP contribution is -2.25. The quantitative estimate of drug-likeness (QED) is 0.477. The van der Waals surface area contributed by atoms with Crippen molar-refractivity contribution in [1.82, 2.24) is 5.32 Å². The molecule has 2 N–H and O–H groups in total. The molecular formula is C15H19ClN2O4. The van der Waals surface area contributed by atoms with Crippen molar-refractivity contribution in [3.8, 4) is 0 Å². The first-order valence-electron chi connectivity index (χ1n) is 7.39. The Morgan fingerprint density at radius 3 is 2.82 bits per heavy atom. The highest BCUT2D eigenvalue weighted by Gasteiger charge is 2.24. The van der Waals surface area contributed by atoms with Crippen LogP contribution in [0, 0.1) is 16.0 Å². The van der Waals surface area contributed by atoms with Crippen LogP contribution in [0.1, 0.15) is 42.5 Å². The number of nitro groups is 1. The van der Waals surface area contributed by atoms with Gasteiger partial charge in [-0.1, -0.05) is 18.0 Å². The van der Waals surface area contributed by atoms with Gasteiger partial charge in [0.05, 0.1) is 11.0 Å². The number of aliphatic hydroxyl groups excluding tert-OH is 1. The van der Waals surface area contributed by atoms with Gasteiger partial charge in [-0.05, 0) is 43.7 Å². The number of aliphatic hydroxyl groups is 1. The lowest BCUT2D eigenvalue weighted by Gasteiger charge is -2.14. The van der Waals surface area contributed by atoms with E-state index in [2.05, 4.69) is 5.32 Å². The zero-order valence-electron chi connectivity index (χ0n) is 12.1. The summed E-state index contributed by atoms with van der Waals surface area (Å²) in [6, 6.07) is 3.92. The van der Waals surface area contributed by atoms with Crippen LogP contribution >= 0.6 is 11.6 Å². The van der Waals surface area contributed by atoms with E-state index >= 15 is 0 Å². The maximum absolute atomic E-state index is 11.9. The molecule has 1 fully saturated rings. The summed E-state index contributed by atoms with van der Waals surface area (Å²) in [4.78, 5) is 22.0. The zero-order chi connectivity index (χ0) is 16.1. The SMILES string of the molecule is O=C(NCCC[C@H]1CCC[C@H]1O)c1ccc([N+](=O)[O-])c(Cl)c1. The Morgan fingerprint density at radius 1 is 1.45 bits per heavy atom. The van der Waals surface area contributed by atoms with Gasteiger partial charge in [0.25, 0.3) is 11.6 Å². The number of nitro benzene ring substituents is 1. The minimum absolute atomic E-state index is 0.0493. The van der Waals surface area contributed by atoms with Crippen LogP contribution in [-0.2, 0) is 0 Å². The Morgan fingerprint density at radius 2 is 2.23 bits per heavy atom. The van der Waals surface area contributed by atoms with Gasteiger partial charge in [0.1, 0.15) is 5.02 Å². The lowest BCUT2D eigenvalue weighted by molar-refractivity contribution is -0.384. The van der Waals surface area contributed by atoms with Gasteiger partial charge in [0, 0.05) is 18.2 Å². The first-order chi connectivity index (χ1) is 10.5. The standard InChI is InChI=1S/C15H19ClN2O4/c16-12-9-11(6-7-13(12)18(21)22)15(20)17-8-2-4-10-3-1-5-14(10)19/h6-7,9-10,14,19H,1-5,8H2,(H,17,20)/t10-,14-/m1/s1. The average molecular weight is 327 g/mol. The van der Waals surface area contributed by atoms with Crippen LogP contribution in [0.3, 0.4) is 0 Å². The monoisotopic (exact) mass is 326 g/mol. The largest absolute Gasteiger partial charge is 0.393 e. The summed E-state index contributed by atoms with van der Waals surface area (Å²) in [5, 5.41) is 23.1. The highest BCUT2D eigenvalue weighted by atomic mass is 35.5. The smallest absolute Gasteiger partial charge is 0.287 e. The van der Waals surface area contributed by atoms with E-state index in [-0.39, 0.29) is 22.7 Å². The number of hydrogen-bond acceptors (Lipinski definition) is 4. The summed E-state index contributed by atoms with van der Waals surface area (Å²) in [5.74, 6) is 0.0366. The molecule has 1 aliphatic rings. The van der Waals surface area contributed by atoms with Crippen molar-refractivity contribution in [2.45, 2.75) is 38.2 Å². The van der Waals surface area contributed by atoms with Gasteiger partial charge in [-0.2, -0.15) is 0 Å². The number of nitrogens with zero attached hydrogens (tertiary/aromatic N) is 1. The maximum atomic E-state index is 11.9. The molecule has 1 aromatic rings. The molecule has 0 radical (unpaired) electrons. The van der Waals surface area contributed by atoms with E-state index in [9.17, 15) is 20.0 Å². The Bertz CT molecular complexity index is 564. The molecule has 0 aromatic heterocycles. The molecule has 6 nitrogen and oxygen atoms in total. The molecule has 120 valence electrons. The summed E-state index contributed by atoms with van der Waals surface area (Å²) in [7, 11) is 0.